The van der Waals surface area contributed by atoms with Crippen molar-refractivity contribution in [3.05, 3.63) is 29.3 Å². The molecule has 0 radical (unpaired) electrons. The zero-order chi connectivity index (χ0) is 22.1. The van der Waals surface area contributed by atoms with Crippen LogP contribution in [0.1, 0.15) is 57.1 Å². The SMILES string of the molecule is CCS(=O)(=O)N1CC(=O)N(c2ccc(C)cc2C)C(C)(C(=O)NC2CCCCC2)C1. The van der Waals surface area contributed by atoms with Gasteiger partial charge in [-0.05, 0) is 52.2 Å². The molecule has 1 saturated heterocycles. The van der Waals surface area contributed by atoms with E-state index in [1.165, 1.54) is 11.3 Å². The number of piperazine rings is 1. The molecule has 1 aromatic rings. The Morgan fingerprint density at radius 1 is 1.20 bits per heavy atom. The molecule has 2 fully saturated rings. The maximum Gasteiger partial charge on any atom is 0.247 e. The van der Waals surface area contributed by atoms with E-state index in [0.717, 1.165) is 41.1 Å². The van der Waals surface area contributed by atoms with Crippen LogP contribution in [0.3, 0.4) is 0 Å². The maximum absolute atomic E-state index is 13.5. The summed E-state index contributed by atoms with van der Waals surface area (Å²) >= 11 is 0. The molecule has 166 valence electrons. The Morgan fingerprint density at radius 2 is 1.87 bits per heavy atom. The summed E-state index contributed by atoms with van der Waals surface area (Å²) in [5, 5.41) is 3.12. The van der Waals surface area contributed by atoms with E-state index in [2.05, 4.69) is 5.32 Å². The van der Waals surface area contributed by atoms with Crippen LogP contribution >= 0.6 is 0 Å². The Hall–Kier alpha value is -1.93. The Balaban J connectivity index is 2.02. The van der Waals surface area contributed by atoms with Gasteiger partial charge in [-0.15, -0.1) is 0 Å². The van der Waals surface area contributed by atoms with Crippen molar-refractivity contribution in [1.82, 2.24) is 9.62 Å². The van der Waals surface area contributed by atoms with E-state index in [0.29, 0.717) is 5.69 Å². The molecule has 30 heavy (non-hydrogen) atoms. The zero-order valence-corrected chi connectivity index (χ0v) is 19.2. The Bertz CT molecular complexity index is 924. The number of hydrogen-bond acceptors (Lipinski definition) is 4. The number of nitrogens with one attached hydrogen (secondary N) is 1. The number of benzene rings is 1. The molecule has 1 heterocycles. The maximum atomic E-state index is 13.5. The van der Waals surface area contributed by atoms with Crippen LogP contribution in [0.25, 0.3) is 0 Å². The van der Waals surface area contributed by atoms with E-state index in [1.807, 2.05) is 32.0 Å². The lowest BCUT2D eigenvalue weighted by atomic mass is 9.90. The molecule has 1 aliphatic carbocycles. The largest absolute Gasteiger partial charge is 0.351 e. The number of carbonyl (C=O) groups excluding carboxylic acids is 2. The summed E-state index contributed by atoms with van der Waals surface area (Å²) in [5.74, 6) is -0.783. The molecule has 0 bridgehead atoms. The van der Waals surface area contributed by atoms with Crippen LogP contribution in [-0.2, 0) is 19.6 Å². The molecule has 2 aliphatic rings. The number of aryl methyl sites for hydroxylation is 2. The highest BCUT2D eigenvalue weighted by Gasteiger charge is 2.51. The van der Waals surface area contributed by atoms with Crippen molar-refractivity contribution in [3.8, 4) is 0 Å². The van der Waals surface area contributed by atoms with Crippen molar-refractivity contribution in [2.45, 2.75) is 71.4 Å². The number of sulfonamides is 1. The highest BCUT2D eigenvalue weighted by Crippen LogP contribution is 2.33. The second-order valence-electron chi connectivity index (χ2n) is 8.77. The summed E-state index contributed by atoms with van der Waals surface area (Å²) in [6, 6.07) is 5.79. The van der Waals surface area contributed by atoms with E-state index in [1.54, 1.807) is 13.8 Å². The summed E-state index contributed by atoms with van der Waals surface area (Å²) in [6.07, 6.45) is 5.13. The minimum absolute atomic E-state index is 0.0548. The highest BCUT2D eigenvalue weighted by molar-refractivity contribution is 7.89. The number of rotatable bonds is 5. The molecule has 1 aromatic carbocycles. The van der Waals surface area contributed by atoms with Crippen LogP contribution in [0, 0.1) is 13.8 Å². The first-order chi connectivity index (χ1) is 14.1. The molecule has 1 aliphatic heterocycles. The molecular weight excluding hydrogens is 402 g/mol. The van der Waals surface area contributed by atoms with Gasteiger partial charge in [0, 0.05) is 18.3 Å². The summed E-state index contributed by atoms with van der Waals surface area (Å²) in [5.41, 5.74) is 1.27. The van der Waals surface area contributed by atoms with Gasteiger partial charge in [0.2, 0.25) is 21.8 Å². The van der Waals surface area contributed by atoms with Gasteiger partial charge in [0.25, 0.3) is 0 Å². The minimum atomic E-state index is -3.61. The number of nitrogens with zero attached hydrogens (tertiary/aromatic N) is 2. The Morgan fingerprint density at radius 3 is 2.47 bits per heavy atom. The number of amides is 2. The second-order valence-corrected chi connectivity index (χ2v) is 11.0. The summed E-state index contributed by atoms with van der Waals surface area (Å²) in [6.45, 7) is 6.80. The predicted octanol–water partition coefficient (Wildman–Crippen LogP) is 2.51. The van der Waals surface area contributed by atoms with Crippen LogP contribution in [0.4, 0.5) is 5.69 Å². The van der Waals surface area contributed by atoms with Gasteiger partial charge in [0.05, 0.1) is 12.3 Å². The molecule has 7 nitrogen and oxygen atoms in total. The lowest BCUT2D eigenvalue weighted by molar-refractivity contribution is -0.133. The van der Waals surface area contributed by atoms with Crippen molar-refractivity contribution in [3.63, 3.8) is 0 Å². The third kappa shape index (κ3) is 4.39. The lowest BCUT2D eigenvalue weighted by Gasteiger charge is -2.47. The first-order valence-electron chi connectivity index (χ1n) is 10.8. The number of anilines is 1. The Labute approximate surface area is 179 Å². The van der Waals surface area contributed by atoms with Gasteiger partial charge in [-0.1, -0.05) is 37.0 Å². The molecule has 1 N–H and O–H groups in total. The topological polar surface area (TPSA) is 86.8 Å². The summed E-state index contributed by atoms with van der Waals surface area (Å²) < 4.78 is 26.3. The smallest absolute Gasteiger partial charge is 0.247 e. The van der Waals surface area contributed by atoms with Gasteiger partial charge in [-0.2, -0.15) is 4.31 Å². The van der Waals surface area contributed by atoms with Gasteiger partial charge in [-0.3, -0.25) is 14.5 Å². The van der Waals surface area contributed by atoms with Crippen molar-refractivity contribution < 1.29 is 18.0 Å². The molecule has 0 aromatic heterocycles. The first kappa shape index (κ1) is 22.7. The van der Waals surface area contributed by atoms with Crippen molar-refractivity contribution >= 4 is 27.5 Å². The van der Waals surface area contributed by atoms with E-state index in [4.69, 9.17) is 0 Å². The number of hydrogen-bond donors (Lipinski definition) is 1. The molecule has 1 atom stereocenters. The fraction of sp³-hybridized carbons (Fsp3) is 0.636. The fourth-order valence-electron chi connectivity index (χ4n) is 4.56. The molecule has 0 spiro atoms. The lowest BCUT2D eigenvalue weighted by Crippen LogP contribution is -2.71. The quantitative estimate of drug-likeness (QED) is 0.770. The zero-order valence-electron chi connectivity index (χ0n) is 18.4. The second kappa shape index (κ2) is 8.67. The van der Waals surface area contributed by atoms with E-state index in [9.17, 15) is 18.0 Å². The molecular formula is C22H33N3O4S. The summed E-state index contributed by atoms with van der Waals surface area (Å²) in [4.78, 5) is 28.3. The van der Waals surface area contributed by atoms with E-state index >= 15 is 0 Å². The molecule has 8 heteroatoms. The first-order valence-corrected chi connectivity index (χ1v) is 12.4. The average molecular weight is 436 g/mol. The summed E-state index contributed by atoms with van der Waals surface area (Å²) in [7, 11) is -3.61. The van der Waals surface area contributed by atoms with Crippen molar-refractivity contribution in [2.75, 3.05) is 23.7 Å². The predicted molar refractivity (Wildman–Crippen MR) is 118 cm³/mol. The molecule has 3 rings (SSSR count). The molecule has 1 unspecified atom stereocenters. The third-order valence-corrected chi connectivity index (χ3v) is 8.09. The normalized spacial score (nSPS) is 24.1. The van der Waals surface area contributed by atoms with Crippen LogP contribution < -0.4 is 10.2 Å². The van der Waals surface area contributed by atoms with Gasteiger partial charge in [0.15, 0.2) is 0 Å². The highest BCUT2D eigenvalue weighted by atomic mass is 32.2. The average Bonchev–Trinajstić information content (AvgIpc) is 2.69. The van der Waals surface area contributed by atoms with Gasteiger partial charge in [0.1, 0.15) is 5.54 Å². The van der Waals surface area contributed by atoms with Crippen LogP contribution in [0.2, 0.25) is 0 Å². The van der Waals surface area contributed by atoms with Crippen LogP contribution in [0.15, 0.2) is 18.2 Å². The van der Waals surface area contributed by atoms with Crippen LogP contribution in [0.5, 0.6) is 0 Å². The monoisotopic (exact) mass is 435 g/mol. The van der Waals surface area contributed by atoms with E-state index < -0.39 is 15.6 Å². The van der Waals surface area contributed by atoms with Gasteiger partial charge >= 0.3 is 0 Å². The minimum Gasteiger partial charge on any atom is -0.351 e. The van der Waals surface area contributed by atoms with E-state index in [-0.39, 0.29) is 36.7 Å². The Kier molecular flexibility index (Phi) is 6.57. The van der Waals surface area contributed by atoms with Crippen molar-refractivity contribution in [1.29, 1.82) is 0 Å². The number of carbonyl (C=O) groups is 2. The van der Waals surface area contributed by atoms with Gasteiger partial charge < -0.3 is 5.32 Å². The van der Waals surface area contributed by atoms with Crippen molar-refractivity contribution in [2.24, 2.45) is 0 Å². The van der Waals surface area contributed by atoms with Gasteiger partial charge in [-0.25, -0.2) is 8.42 Å². The standard InChI is InChI=1S/C22H33N3O4S/c1-5-30(28,29)24-14-20(26)25(19-12-11-16(2)13-17(19)3)22(4,15-24)21(27)23-18-9-7-6-8-10-18/h11-13,18H,5-10,14-15H2,1-4H3,(H,23,27). The molecule has 2 amide bonds. The van der Waals surface area contributed by atoms with Crippen LogP contribution in [-0.4, -0.2) is 55.0 Å². The third-order valence-electron chi connectivity index (χ3n) is 6.32. The fourth-order valence-corrected chi connectivity index (χ4v) is 5.68. The molecule has 1 saturated carbocycles.